The molecule has 2 saturated heterocycles. The van der Waals surface area contributed by atoms with Crippen molar-refractivity contribution in [3.05, 3.63) is 83.4 Å². The smallest absolute Gasteiger partial charge is 0.255 e. The Morgan fingerprint density at radius 3 is 2.43 bits per heavy atom. The van der Waals surface area contributed by atoms with Gasteiger partial charge in [-0.05, 0) is 73.9 Å². The van der Waals surface area contributed by atoms with E-state index >= 15 is 0 Å². The molecule has 2 aliphatic carbocycles. The summed E-state index contributed by atoms with van der Waals surface area (Å²) in [5.41, 5.74) is 11.6. The van der Waals surface area contributed by atoms with Crippen LogP contribution in [0.1, 0.15) is 52.0 Å². The van der Waals surface area contributed by atoms with Gasteiger partial charge in [-0.15, -0.1) is 0 Å². The summed E-state index contributed by atoms with van der Waals surface area (Å²) in [5.74, 6) is 2.47. The standard InChI is InChI=1S/C39H39N7O3/c1-49-34-16-28(38(47)45-22-27-12-13-32(45)35(27)41)14-30-36(34)46(21-24-18-43(19-24)39(48)29-8-4-2-7-26(29)17-40)37(42-30)33-15-25-6-3-5-9-31(25)44(33)20-23-10-11-23/h2-9,14-16,23-24,27,32,35H,10-13,18-22,41H2,1H3/t27?,32?,35-/m1/s1. The van der Waals surface area contributed by atoms with E-state index in [1.165, 1.54) is 18.4 Å². The second-order valence-electron chi connectivity index (χ2n) is 14.4. The summed E-state index contributed by atoms with van der Waals surface area (Å²) in [6, 6.07) is 23.7. The Labute approximate surface area is 284 Å². The van der Waals surface area contributed by atoms with E-state index in [1.807, 2.05) is 21.9 Å². The average Bonchev–Trinajstić information content (AvgIpc) is 3.47. The van der Waals surface area contributed by atoms with Gasteiger partial charge < -0.3 is 29.4 Å². The summed E-state index contributed by atoms with van der Waals surface area (Å²) in [6.07, 6.45) is 4.48. The molecule has 49 heavy (non-hydrogen) atoms. The molecule has 9 rings (SSSR count). The number of carbonyl (C=O) groups is 2. The SMILES string of the molecule is COc1cc(C(=O)N2CC3CCC2[C@@H]3N)cc2nc(-c3cc4ccccc4n3CC3CC3)n(CC3CN(C(=O)c4ccccc4C#N)C3)c12. The summed E-state index contributed by atoms with van der Waals surface area (Å²) in [5, 5.41) is 10.7. The number of aromatic nitrogens is 3. The first-order valence-corrected chi connectivity index (χ1v) is 17.4. The Morgan fingerprint density at radius 1 is 0.918 bits per heavy atom. The molecule has 0 radical (unpaired) electrons. The first kappa shape index (κ1) is 30.0. The molecular formula is C39H39N7O3. The van der Waals surface area contributed by atoms with E-state index in [2.05, 4.69) is 45.5 Å². The zero-order chi connectivity index (χ0) is 33.4. The maximum atomic E-state index is 14.0. The van der Waals surface area contributed by atoms with Crippen LogP contribution in [0.5, 0.6) is 5.75 Å². The van der Waals surface area contributed by atoms with Crippen molar-refractivity contribution in [1.82, 2.24) is 23.9 Å². The van der Waals surface area contributed by atoms with Crippen LogP contribution in [0.3, 0.4) is 0 Å². The van der Waals surface area contributed by atoms with Crippen LogP contribution in [-0.4, -0.2) is 74.6 Å². The molecule has 3 atom stereocenters. The van der Waals surface area contributed by atoms with Crippen molar-refractivity contribution in [2.24, 2.45) is 23.5 Å². The fraction of sp³-hybridized carbons (Fsp3) is 0.385. The molecule has 10 nitrogen and oxygen atoms in total. The fourth-order valence-electron chi connectivity index (χ4n) is 8.53. The van der Waals surface area contributed by atoms with Gasteiger partial charge in [0.25, 0.3) is 11.8 Å². The summed E-state index contributed by atoms with van der Waals surface area (Å²) in [4.78, 5) is 36.4. The number of nitriles is 1. The molecule has 2 bridgehead atoms. The molecule has 10 heteroatoms. The summed E-state index contributed by atoms with van der Waals surface area (Å²) < 4.78 is 10.7. The summed E-state index contributed by atoms with van der Waals surface area (Å²) in [7, 11) is 1.65. The molecule has 2 aromatic heterocycles. The third kappa shape index (κ3) is 4.90. The van der Waals surface area contributed by atoms with Crippen molar-refractivity contribution in [3.63, 3.8) is 0 Å². The van der Waals surface area contributed by atoms with E-state index < -0.39 is 0 Å². The molecule has 5 aromatic rings. The number of rotatable bonds is 8. The monoisotopic (exact) mass is 653 g/mol. The van der Waals surface area contributed by atoms with Crippen molar-refractivity contribution >= 4 is 33.8 Å². The molecule has 2 unspecified atom stereocenters. The number of nitrogens with zero attached hydrogens (tertiary/aromatic N) is 6. The number of ether oxygens (including phenoxy) is 1. The highest BCUT2D eigenvalue weighted by atomic mass is 16.5. The molecule has 3 aromatic carbocycles. The number of methoxy groups -OCH3 is 1. The fourth-order valence-corrected chi connectivity index (χ4v) is 8.53. The Kier molecular flexibility index (Phi) is 7.02. The Balaban J connectivity index is 1.12. The lowest BCUT2D eigenvalue weighted by Crippen LogP contribution is -2.51. The average molecular weight is 654 g/mol. The lowest BCUT2D eigenvalue weighted by atomic mass is 9.97. The van der Waals surface area contributed by atoms with E-state index in [1.54, 1.807) is 31.4 Å². The van der Waals surface area contributed by atoms with Gasteiger partial charge in [-0.1, -0.05) is 30.3 Å². The molecule has 4 fully saturated rings. The van der Waals surface area contributed by atoms with Crippen LogP contribution >= 0.6 is 0 Å². The van der Waals surface area contributed by atoms with Crippen molar-refractivity contribution in [1.29, 1.82) is 5.26 Å². The van der Waals surface area contributed by atoms with Crippen molar-refractivity contribution in [2.75, 3.05) is 26.7 Å². The number of fused-ring (bicyclic) bond motifs is 4. The highest BCUT2D eigenvalue weighted by Gasteiger charge is 2.47. The lowest BCUT2D eigenvalue weighted by molar-refractivity contribution is 0.0471. The predicted octanol–water partition coefficient (Wildman–Crippen LogP) is 5.28. The molecule has 2 aliphatic heterocycles. The van der Waals surface area contributed by atoms with Gasteiger partial charge >= 0.3 is 0 Å². The number of para-hydroxylation sites is 1. The van der Waals surface area contributed by atoms with Gasteiger partial charge in [0.1, 0.15) is 11.3 Å². The number of carbonyl (C=O) groups excluding carboxylic acids is 2. The molecule has 4 heterocycles. The largest absolute Gasteiger partial charge is 0.494 e. The minimum atomic E-state index is -0.121. The van der Waals surface area contributed by atoms with Crippen molar-refractivity contribution in [3.8, 4) is 23.3 Å². The van der Waals surface area contributed by atoms with Gasteiger partial charge in [-0.25, -0.2) is 4.98 Å². The number of hydrogen-bond acceptors (Lipinski definition) is 6. The number of nitrogens with two attached hydrogens (primary N) is 1. The van der Waals surface area contributed by atoms with E-state index in [9.17, 15) is 14.9 Å². The van der Waals surface area contributed by atoms with Crippen LogP contribution in [-0.2, 0) is 13.1 Å². The van der Waals surface area contributed by atoms with E-state index in [0.717, 1.165) is 41.8 Å². The zero-order valence-corrected chi connectivity index (χ0v) is 27.6. The number of benzene rings is 3. The lowest BCUT2D eigenvalue weighted by Gasteiger charge is -2.40. The van der Waals surface area contributed by atoms with Crippen LogP contribution in [0.4, 0.5) is 0 Å². The highest BCUT2D eigenvalue weighted by Crippen LogP contribution is 2.41. The number of hydrogen-bond donors (Lipinski definition) is 1. The van der Waals surface area contributed by atoms with Gasteiger partial charge in [0.15, 0.2) is 5.82 Å². The first-order valence-electron chi connectivity index (χ1n) is 17.4. The molecule has 2 N–H and O–H groups in total. The van der Waals surface area contributed by atoms with Gasteiger partial charge in [-0.3, -0.25) is 9.59 Å². The minimum Gasteiger partial charge on any atom is -0.494 e. The third-order valence-electron chi connectivity index (χ3n) is 11.3. The number of amides is 2. The molecule has 4 aliphatic rings. The first-order chi connectivity index (χ1) is 23.9. The number of likely N-dealkylation sites (tertiary alicyclic amines) is 2. The quantitative estimate of drug-likeness (QED) is 0.243. The van der Waals surface area contributed by atoms with Crippen molar-refractivity contribution < 1.29 is 14.3 Å². The molecule has 2 amide bonds. The molecule has 248 valence electrons. The maximum Gasteiger partial charge on any atom is 0.255 e. The number of piperidine rings is 1. The van der Waals surface area contributed by atoms with Gasteiger partial charge in [0, 0.05) is 67.2 Å². The normalized spacial score (nSPS) is 21.8. The molecular weight excluding hydrogens is 614 g/mol. The highest BCUT2D eigenvalue weighted by molar-refractivity contribution is 6.01. The third-order valence-corrected chi connectivity index (χ3v) is 11.3. The maximum absolute atomic E-state index is 14.0. The van der Waals surface area contributed by atoms with Crippen LogP contribution in [0.25, 0.3) is 33.5 Å². The summed E-state index contributed by atoms with van der Waals surface area (Å²) in [6.45, 7) is 3.38. The topological polar surface area (TPSA) is 122 Å². The second kappa shape index (κ2) is 11.5. The van der Waals surface area contributed by atoms with E-state index in [4.69, 9.17) is 15.5 Å². The number of imidazole rings is 1. The van der Waals surface area contributed by atoms with E-state index in [-0.39, 0.29) is 29.8 Å². The molecule has 2 saturated carbocycles. The van der Waals surface area contributed by atoms with Gasteiger partial charge in [0.2, 0.25) is 0 Å². The Bertz CT molecular complexity index is 2180. The van der Waals surface area contributed by atoms with Crippen molar-refractivity contribution in [2.45, 2.75) is 50.9 Å². The minimum absolute atomic E-state index is 0.0207. The van der Waals surface area contributed by atoms with Crippen LogP contribution in [0.2, 0.25) is 0 Å². The Morgan fingerprint density at radius 2 is 1.69 bits per heavy atom. The van der Waals surface area contributed by atoms with Crippen LogP contribution in [0, 0.1) is 29.1 Å². The summed E-state index contributed by atoms with van der Waals surface area (Å²) >= 11 is 0. The molecule has 0 spiro atoms. The van der Waals surface area contributed by atoms with Crippen LogP contribution < -0.4 is 10.5 Å². The second-order valence-corrected chi connectivity index (χ2v) is 14.4. The predicted molar refractivity (Wildman–Crippen MR) is 186 cm³/mol. The Hall–Kier alpha value is -5.14. The van der Waals surface area contributed by atoms with Gasteiger partial charge in [0.05, 0.1) is 35.5 Å². The van der Waals surface area contributed by atoms with E-state index in [0.29, 0.717) is 66.0 Å². The zero-order valence-electron chi connectivity index (χ0n) is 27.6. The van der Waals surface area contributed by atoms with Gasteiger partial charge in [-0.2, -0.15) is 5.26 Å². The van der Waals surface area contributed by atoms with Crippen LogP contribution in [0.15, 0.2) is 66.7 Å².